The molecule has 0 aliphatic heterocycles. The van der Waals surface area contributed by atoms with E-state index in [1.807, 2.05) is 6.07 Å². The Kier molecular flexibility index (Phi) is 2.78. The lowest BCUT2D eigenvalue weighted by Crippen LogP contribution is -2.09. The van der Waals surface area contributed by atoms with E-state index in [0.29, 0.717) is 12.6 Å². The molecule has 0 spiro atoms. The van der Waals surface area contributed by atoms with Crippen molar-refractivity contribution in [1.82, 2.24) is 4.57 Å². The van der Waals surface area contributed by atoms with Crippen molar-refractivity contribution in [3.8, 4) is 5.75 Å². The van der Waals surface area contributed by atoms with Gasteiger partial charge in [-0.15, -0.1) is 0 Å². The lowest BCUT2D eigenvalue weighted by molar-refractivity contribution is 0.415. The minimum atomic E-state index is 0.691. The maximum atomic E-state index is 5.76. The van der Waals surface area contributed by atoms with Gasteiger partial charge in [-0.25, -0.2) is 0 Å². The molecule has 1 saturated carbocycles. The monoisotopic (exact) mass is 244 g/mol. The highest BCUT2D eigenvalue weighted by molar-refractivity contribution is 5.87. The summed E-state index contributed by atoms with van der Waals surface area (Å²) in [7, 11) is 1.72. The molecule has 3 rings (SSSR count). The Balaban J connectivity index is 2.24. The van der Waals surface area contributed by atoms with Gasteiger partial charge >= 0.3 is 0 Å². The summed E-state index contributed by atoms with van der Waals surface area (Å²) in [6.07, 6.45) is 3.55. The van der Waals surface area contributed by atoms with Gasteiger partial charge in [-0.05, 0) is 50.1 Å². The first-order valence-electron chi connectivity index (χ1n) is 6.63. The van der Waals surface area contributed by atoms with E-state index in [4.69, 9.17) is 10.5 Å². The lowest BCUT2D eigenvalue weighted by atomic mass is 10.1. The van der Waals surface area contributed by atoms with Crippen LogP contribution in [0.2, 0.25) is 0 Å². The van der Waals surface area contributed by atoms with E-state index in [2.05, 4.69) is 23.6 Å². The number of rotatable bonds is 4. The van der Waals surface area contributed by atoms with E-state index in [9.17, 15) is 0 Å². The maximum Gasteiger partial charge on any atom is 0.119 e. The smallest absolute Gasteiger partial charge is 0.119 e. The SMILES string of the molecule is COc1ccc2c(c1)c(C)c(CCN)n2C1CC1. The first kappa shape index (κ1) is 11.6. The van der Waals surface area contributed by atoms with Gasteiger partial charge in [0.15, 0.2) is 0 Å². The van der Waals surface area contributed by atoms with Crippen LogP contribution in [-0.2, 0) is 6.42 Å². The Labute approximate surface area is 108 Å². The van der Waals surface area contributed by atoms with Crippen molar-refractivity contribution in [1.29, 1.82) is 0 Å². The fraction of sp³-hybridized carbons (Fsp3) is 0.467. The molecule has 0 unspecified atom stereocenters. The molecule has 0 saturated heterocycles. The number of nitrogens with zero attached hydrogens (tertiary/aromatic N) is 1. The summed E-state index contributed by atoms with van der Waals surface area (Å²) >= 11 is 0. The van der Waals surface area contributed by atoms with Crippen LogP contribution in [0.15, 0.2) is 18.2 Å². The highest BCUT2D eigenvalue weighted by atomic mass is 16.5. The van der Waals surface area contributed by atoms with Crippen LogP contribution in [0.3, 0.4) is 0 Å². The second kappa shape index (κ2) is 4.32. The Morgan fingerprint density at radius 2 is 2.17 bits per heavy atom. The highest BCUT2D eigenvalue weighted by Crippen LogP contribution is 2.41. The molecule has 3 nitrogen and oxygen atoms in total. The number of aryl methyl sites for hydroxylation is 1. The van der Waals surface area contributed by atoms with Gasteiger partial charge in [0.25, 0.3) is 0 Å². The first-order chi connectivity index (χ1) is 8.76. The van der Waals surface area contributed by atoms with Crippen molar-refractivity contribution in [3.63, 3.8) is 0 Å². The van der Waals surface area contributed by atoms with Crippen molar-refractivity contribution in [2.24, 2.45) is 5.73 Å². The number of aromatic nitrogens is 1. The summed E-state index contributed by atoms with van der Waals surface area (Å²) in [6, 6.07) is 7.06. The third-order valence-corrected chi connectivity index (χ3v) is 3.88. The average molecular weight is 244 g/mol. The number of hydrogen-bond donors (Lipinski definition) is 1. The van der Waals surface area contributed by atoms with Gasteiger partial charge in [-0.1, -0.05) is 0 Å². The molecule has 1 heterocycles. The van der Waals surface area contributed by atoms with Gasteiger partial charge in [0.1, 0.15) is 5.75 Å². The van der Waals surface area contributed by atoms with E-state index < -0.39 is 0 Å². The third kappa shape index (κ3) is 1.70. The van der Waals surface area contributed by atoms with Crippen molar-refractivity contribution < 1.29 is 4.74 Å². The van der Waals surface area contributed by atoms with Crippen molar-refractivity contribution >= 4 is 10.9 Å². The van der Waals surface area contributed by atoms with Crippen LogP contribution in [0, 0.1) is 6.92 Å². The molecular weight excluding hydrogens is 224 g/mol. The molecule has 1 aliphatic rings. The van der Waals surface area contributed by atoms with Crippen LogP contribution in [0.25, 0.3) is 10.9 Å². The fourth-order valence-corrected chi connectivity index (χ4v) is 2.83. The number of methoxy groups -OCH3 is 1. The Morgan fingerprint density at radius 1 is 1.39 bits per heavy atom. The van der Waals surface area contributed by atoms with Gasteiger partial charge in [-0.3, -0.25) is 0 Å². The van der Waals surface area contributed by atoms with E-state index >= 15 is 0 Å². The summed E-state index contributed by atoms with van der Waals surface area (Å²) < 4.78 is 7.83. The topological polar surface area (TPSA) is 40.2 Å². The van der Waals surface area contributed by atoms with Crippen molar-refractivity contribution in [2.45, 2.75) is 32.2 Å². The largest absolute Gasteiger partial charge is 0.497 e. The van der Waals surface area contributed by atoms with E-state index in [1.165, 1.54) is 35.0 Å². The first-order valence-corrected chi connectivity index (χ1v) is 6.63. The number of benzene rings is 1. The van der Waals surface area contributed by atoms with Crippen molar-refractivity contribution in [2.75, 3.05) is 13.7 Å². The van der Waals surface area contributed by atoms with Crippen molar-refractivity contribution in [3.05, 3.63) is 29.5 Å². The molecule has 96 valence electrons. The lowest BCUT2D eigenvalue weighted by Gasteiger charge is -2.09. The summed E-state index contributed by atoms with van der Waals surface area (Å²) in [5.74, 6) is 0.929. The van der Waals surface area contributed by atoms with Crippen LogP contribution in [0.1, 0.15) is 30.1 Å². The molecule has 18 heavy (non-hydrogen) atoms. The molecule has 0 bridgehead atoms. The normalized spacial score (nSPS) is 15.3. The van der Waals surface area contributed by atoms with Crippen LogP contribution in [0.5, 0.6) is 5.75 Å². The molecule has 3 heteroatoms. The molecule has 0 atom stereocenters. The van der Waals surface area contributed by atoms with E-state index in [1.54, 1.807) is 7.11 Å². The average Bonchev–Trinajstić information content (AvgIpc) is 3.18. The Morgan fingerprint density at radius 3 is 2.78 bits per heavy atom. The van der Waals surface area contributed by atoms with Gasteiger partial charge in [0.05, 0.1) is 7.11 Å². The summed E-state index contributed by atoms with van der Waals surface area (Å²) in [5.41, 5.74) is 9.86. The van der Waals surface area contributed by atoms with Gasteiger partial charge in [0.2, 0.25) is 0 Å². The van der Waals surface area contributed by atoms with Crippen LogP contribution >= 0.6 is 0 Å². The Bertz CT molecular complexity index is 582. The zero-order valence-electron chi connectivity index (χ0n) is 11.1. The minimum Gasteiger partial charge on any atom is -0.497 e. The molecule has 2 N–H and O–H groups in total. The van der Waals surface area contributed by atoms with Crippen LogP contribution in [-0.4, -0.2) is 18.2 Å². The molecule has 1 aromatic carbocycles. The van der Waals surface area contributed by atoms with Gasteiger partial charge in [0, 0.05) is 29.1 Å². The quantitative estimate of drug-likeness (QED) is 0.898. The minimum absolute atomic E-state index is 0.691. The standard InChI is InChI=1S/C15H20N2O/c1-10-13-9-12(18-2)5-6-15(13)17(11-3-4-11)14(10)7-8-16/h5-6,9,11H,3-4,7-8,16H2,1-2H3. The van der Waals surface area contributed by atoms with Crippen LogP contribution < -0.4 is 10.5 Å². The van der Waals surface area contributed by atoms with E-state index in [0.717, 1.165) is 12.2 Å². The van der Waals surface area contributed by atoms with Gasteiger partial charge < -0.3 is 15.0 Å². The summed E-state index contributed by atoms with van der Waals surface area (Å²) in [4.78, 5) is 0. The predicted octanol–water partition coefficient (Wildman–Crippen LogP) is 2.79. The third-order valence-electron chi connectivity index (χ3n) is 3.88. The zero-order valence-corrected chi connectivity index (χ0v) is 11.1. The summed E-state index contributed by atoms with van der Waals surface area (Å²) in [6.45, 7) is 2.91. The van der Waals surface area contributed by atoms with Crippen LogP contribution in [0.4, 0.5) is 0 Å². The molecular formula is C15H20N2O. The van der Waals surface area contributed by atoms with E-state index in [-0.39, 0.29) is 0 Å². The second-order valence-corrected chi connectivity index (χ2v) is 5.09. The maximum absolute atomic E-state index is 5.76. The molecule has 0 radical (unpaired) electrons. The Hall–Kier alpha value is -1.48. The molecule has 2 aromatic rings. The predicted molar refractivity (Wildman–Crippen MR) is 74.3 cm³/mol. The molecule has 1 aliphatic carbocycles. The molecule has 0 amide bonds. The summed E-state index contributed by atoms with van der Waals surface area (Å²) in [5, 5.41) is 1.31. The number of ether oxygens (including phenoxy) is 1. The molecule has 1 aromatic heterocycles. The zero-order chi connectivity index (χ0) is 12.7. The molecule has 1 fully saturated rings. The van der Waals surface area contributed by atoms with Gasteiger partial charge in [-0.2, -0.15) is 0 Å². The number of nitrogens with two attached hydrogens (primary N) is 1. The number of fused-ring (bicyclic) bond motifs is 1. The highest BCUT2D eigenvalue weighted by Gasteiger charge is 2.28. The second-order valence-electron chi connectivity index (χ2n) is 5.09. The fourth-order valence-electron chi connectivity index (χ4n) is 2.83. The number of hydrogen-bond acceptors (Lipinski definition) is 2.